The van der Waals surface area contributed by atoms with Crippen LogP contribution in [0.2, 0.25) is 0 Å². The van der Waals surface area contributed by atoms with Gasteiger partial charge in [-0.1, -0.05) is 321 Å². The molecule has 3 N–H and O–H groups in total. The standard InChI is InChI=1S/C65H127NO5/c1-3-5-7-9-11-13-15-16-17-18-19-25-28-31-34-38-41-45-49-53-57-63(68)62(61-67)66-64(69)58-54-50-46-42-39-35-32-29-26-23-21-20-22-24-27-30-33-36-40-44-48-52-56-60-71-65(70)59-55-51-47-43-37-14-12-10-8-6-4-2/h10,12,62-63,67-68H,3-9,11,13-61H2,1-2H3,(H,66,69)/b12-10-. The summed E-state index contributed by atoms with van der Waals surface area (Å²) in [6.07, 6.45) is 73.8. The molecule has 0 radical (unpaired) electrons. The summed E-state index contributed by atoms with van der Waals surface area (Å²) in [7, 11) is 0. The van der Waals surface area contributed by atoms with Gasteiger partial charge in [0, 0.05) is 12.8 Å². The van der Waals surface area contributed by atoms with E-state index in [0.29, 0.717) is 25.9 Å². The predicted molar refractivity (Wildman–Crippen MR) is 310 cm³/mol. The Kier molecular flexibility index (Phi) is 59.9. The maximum absolute atomic E-state index is 12.5. The van der Waals surface area contributed by atoms with E-state index in [0.717, 1.165) is 44.9 Å². The van der Waals surface area contributed by atoms with E-state index in [1.165, 1.54) is 289 Å². The number of carbonyl (C=O) groups excluding carboxylic acids is 2. The second kappa shape index (κ2) is 61.1. The number of esters is 1. The average Bonchev–Trinajstić information content (AvgIpc) is 3.37. The van der Waals surface area contributed by atoms with Crippen LogP contribution in [0, 0.1) is 0 Å². The molecule has 0 aliphatic rings. The van der Waals surface area contributed by atoms with Crippen molar-refractivity contribution in [3.8, 4) is 0 Å². The molecule has 0 rings (SSSR count). The lowest BCUT2D eigenvalue weighted by atomic mass is 10.0. The summed E-state index contributed by atoms with van der Waals surface area (Å²) in [5.41, 5.74) is 0. The zero-order valence-electron chi connectivity index (χ0n) is 48.2. The normalized spacial score (nSPS) is 12.6. The molecule has 0 aliphatic heterocycles. The summed E-state index contributed by atoms with van der Waals surface area (Å²) in [5, 5.41) is 23.4. The molecule has 71 heavy (non-hydrogen) atoms. The topological polar surface area (TPSA) is 95.9 Å². The number of ether oxygens (including phenoxy) is 1. The molecule has 2 atom stereocenters. The number of rotatable bonds is 61. The highest BCUT2D eigenvalue weighted by atomic mass is 16.5. The van der Waals surface area contributed by atoms with E-state index in [1.807, 2.05) is 0 Å². The number of aliphatic hydroxyl groups is 2. The van der Waals surface area contributed by atoms with Crippen molar-refractivity contribution in [1.82, 2.24) is 5.32 Å². The van der Waals surface area contributed by atoms with Crippen LogP contribution in [0.15, 0.2) is 12.2 Å². The third-order valence-corrected chi connectivity index (χ3v) is 15.3. The van der Waals surface area contributed by atoms with Crippen LogP contribution in [-0.2, 0) is 14.3 Å². The maximum Gasteiger partial charge on any atom is 0.305 e. The number of aliphatic hydroxyl groups excluding tert-OH is 2. The van der Waals surface area contributed by atoms with Gasteiger partial charge < -0.3 is 20.3 Å². The van der Waals surface area contributed by atoms with E-state index in [1.54, 1.807) is 0 Å². The van der Waals surface area contributed by atoms with Gasteiger partial charge in [-0.2, -0.15) is 0 Å². The summed E-state index contributed by atoms with van der Waals surface area (Å²) >= 11 is 0. The summed E-state index contributed by atoms with van der Waals surface area (Å²) in [4.78, 5) is 24.5. The molecule has 0 aromatic heterocycles. The Morgan fingerprint density at radius 2 is 0.676 bits per heavy atom. The number of allylic oxidation sites excluding steroid dienone is 2. The minimum atomic E-state index is -0.664. The minimum Gasteiger partial charge on any atom is -0.466 e. The Bertz CT molecular complexity index is 1060. The maximum atomic E-state index is 12.5. The molecule has 0 heterocycles. The van der Waals surface area contributed by atoms with Crippen molar-refractivity contribution >= 4 is 11.9 Å². The lowest BCUT2D eigenvalue weighted by molar-refractivity contribution is -0.143. The molecule has 0 aromatic carbocycles. The zero-order chi connectivity index (χ0) is 51.4. The van der Waals surface area contributed by atoms with Gasteiger partial charge in [-0.25, -0.2) is 0 Å². The van der Waals surface area contributed by atoms with Crippen LogP contribution in [0.5, 0.6) is 0 Å². The fourth-order valence-electron chi connectivity index (χ4n) is 10.3. The van der Waals surface area contributed by atoms with Gasteiger partial charge in [0.15, 0.2) is 0 Å². The van der Waals surface area contributed by atoms with Crippen molar-refractivity contribution in [2.45, 2.75) is 379 Å². The van der Waals surface area contributed by atoms with Crippen LogP contribution in [0.25, 0.3) is 0 Å². The van der Waals surface area contributed by atoms with Crippen molar-refractivity contribution < 1.29 is 24.5 Å². The van der Waals surface area contributed by atoms with Crippen molar-refractivity contribution in [2.75, 3.05) is 13.2 Å². The SMILES string of the molecule is CCCC/C=C\CCCCCCCC(=O)OCCCCCCCCCCCCCCCCCCCCCCCCCC(=O)NC(CO)C(O)CCCCCCCCCCCCCCCCCCCCCC. The van der Waals surface area contributed by atoms with Gasteiger partial charge in [-0.3, -0.25) is 9.59 Å². The molecule has 1 amide bonds. The molecular formula is C65H127NO5. The Hall–Kier alpha value is -1.40. The molecule has 0 aromatic rings. The molecule has 2 unspecified atom stereocenters. The third kappa shape index (κ3) is 57.7. The zero-order valence-corrected chi connectivity index (χ0v) is 48.2. The first-order valence-corrected chi connectivity index (χ1v) is 32.4. The minimum absolute atomic E-state index is 0.00413. The number of amides is 1. The fraction of sp³-hybridized carbons (Fsp3) is 0.938. The highest BCUT2D eigenvalue weighted by Crippen LogP contribution is 2.19. The van der Waals surface area contributed by atoms with Gasteiger partial charge in [0.25, 0.3) is 0 Å². The number of hydrogen-bond donors (Lipinski definition) is 3. The van der Waals surface area contributed by atoms with Crippen LogP contribution in [0.4, 0.5) is 0 Å². The van der Waals surface area contributed by atoms with E-state index in [9.17, 15) is 19.8 Å². The smallest absolute Gasteiger partial charge is 0.305 e. The first-order chi connectivity index (χ1) is 35.0. The summed E-state index contributed by atoms with van der Waals surface area (Å²) < 4.78 is 5.46. The number of hydrogen-bond acceptors (Lipinski definition) is 5. The van der Waals surface area contributed by atoms with Crippen molar-refractivity contribution in [1.29, 1.82) is 0 Å². The van der Waals surface area contributed by atoms with Crippen LogP contribution < -0.4 is 5.32 Å². The van der Waals surface area contributed by atoms with E-state index in [2.05, 4.69) is 31.3 Å². The van der Waals surface area contributed by atoms with Gasteiger partial charge in [-0.15, -0.1) is 0 Å². The second-order valence-electron chi connectivity index (χ2n) is 22.5. The highest BCUT2D eigenvalue weighted by molar-refractivity contribution is 5.76. The number of carbonyl (C=O) groups is 2. The number of nitrogens with one attached hydrogen (secondary N) is 1. The lowest BCUT2D eigenvalue weighted by Crippen LogP contribution is -2.45. The van der Waals surface area contributed by atoms with Crippen LogP contribution in [-0.4, -0.2) is 47.4 Å². The summed E-state index contributed by atoms with van der Waals surface area (Å²) in [6.45, 7) is 4.95. The molecule has 6 nitrogen and oxygen atoms in total. The molecule has 0 bridgehead atoms. The second-order valence-corrected chi connectivity index (χ2v) is 22.5. The molecular weight excluding hydrogens is 875 g/mol. The number of unbranched alkanes of at least 4 members (excludes halogenated alkanes) is 48. The van der Waals surface area contributed by atoms with Crippen LogP contribution in [0.3, 0.4) is 0 Å². The predicted octanol–water partition coefficient (Wildman–Crippen LogP) is 20.4. The van der Waals surface area contributed by atoms with Gasteiger partial charge in [0.2, 0.25) is 5.91 Å². The molecule has 0 saturated heterocycles. The van der Waals surface area contributed by atoms with E-state index in [4.69, 9.17) is 4.74 Å². The Morgan fingerprint density at radius 1 is 0.380 bits per heavy atom. The summed E-state index contributed by atoms with van der Waals surface area (Å²) in [6, 6.07) is -0.541. The largest absolute Gasteiger partial charge is 0.466 e. The monoisotopic (exact) mass is 1000 g/mol. The van der Waals surface area contributed by atoms with Gasteiger partial charge in [-0.05, 0) is 44.9 Å². The van der Waals surface area contributed by atoms with Gasteiger partial charge in [0.1, 0.15) is 0 Å². The van der Waals surface area contributed by atoms with Crippen molar-refractivity contribution in [3.05, 3.63) is 12.2 Å². The van der Waals surface area contributed by atoms with Gasteiger partial charge in [0.05, 0.1) is 25.4 Å². The lowest BCUT2D eigenvalue weighted by Gasteiger charge is -2.22. The van der Waals surface area contributed by atoms with E-state index < -0.39 is 12.1 Å². The first kappa shape index (κ1) is 69.6. The Labute approximate surface area is 444 Å². The Morgan fingerprint density at radius 3 is 1.04 bits per heavy atom. The summed E-state index contributed by atoms with van der Waals surface area (Å²) in [5.74, 6) is -0.0263. The van der Waals surface area contributed by atoms with E-state index in [-0.39, 0.29) is 18.5 Å². The molecule has 422 valence electrons. The van der Waals surface area contributed by atoms with Crippen molar-refractivity contribution in [3.63, 3.8) is 0 Å². The third-order valence-electron chi connectivity index (χ3n) is 15.3. The molecule has 0 spiro atoms. The van der Waals surface area contributed by atoms with Crippen molar-refractivity contribution in [2.24, 2.45) is 0 Å². The first-order valence-electron chi connectivity index (χ1n) is 32.4. The van der Waals surface area contributed by atoms with Gasteiger partial charge >= 0.3 is 5.97 Å². The highest BCUT2D eigenvalue weighted by Gasteiger charge is 2.20. The molecule has 0 saturated carbocycles. The molecule has 6 heteroatoms. The molecule has 0 fully saturated rings. The van der Waals surface area contributed by atoms with Crippen LogP contribution in [0.1, 0.15) is 367 Å². The Balaban J connectivity index is 3.38. The molecule has 0 aliphatic carbocycles. The van der Waals surface area contributed by atoms with E-state index >= 15 is 0 Å². The van der Waals surface area contributed by atoms with Crippen LogP contribution >= 0.6 is 0 Å². The average molecular weight is 1000 g/mol. The fourth-order valence-corrected chi connectivity index (χ4v) is 10.3. The quantitative estimate of drug-likeness (QED) is 0.0320.